The van der Waals surface area contributed by atoms with Crippen LogP contribution in [0.2, 0.25) is 0 Å². The number of nitrogens with one attached hydrogen (secondary N) is 1. The Morgan fingerprint density at radius 1 is 1.17 bits per heavy atom. The number of hydrogen-bond acceptors (Lipinski definition) is 4. The summed E-state index contributed by atoms with van der Waals surface area (Å²) in [5, 5.41) is 1.40. The first-order chi connectivity index (χ1) is 10.1. The van der Waals surface area contributed by atoms with Gasteiger partial charge in [-0.2, -0.15) is 26.3 Å². The minimum Gasteiger partial charge on any atom is -0.453 e. The molecule has 1 N–H and O–H groups in total. The van der Waals surface area contributed by atoms with E-state index in [1.54, 1.807) is 0 Å². The SMILES string of the molecule is C[C@@H]1OC(Cl)(Cl)C[C@H](OC(=O)C(F)(F)F)[C@@H]1NC(=O)C(F)(F)F. The third-order valence-corrected chi connectivity index (χ3v) is 3.24. The Morgan fingerprint density at radius 3 is 2.13 bits per heavy atom. The average Bonchev–Trinajstić information content (AvgIpc) is 2.29. The van der Waals surface area contributed by atoms with Crippen LogP contribution in [-0.2, 0) is 19.1 Å². The van der Waals surface area contributed by atoms with Gasteiger partial charge in [-0.1, -0.05) is 23.2 Å². The van der Waals surface area contributed by atoms with Crippen LogP contribution in [-0.4, -0.2) is 47.0 Å². The summed E-state index contributed by atoms with van der Waals surface area (Å²) in [6, 6.07) is -1.74. The molecule has 3 atom stereocenters. The molecule has 0 unspecified atom stereocenters. The smallest absolute Gasteiger partial charge is 0.453 e. The first-order valence-corrected chi connectivity index (χ1v) is 6.60. The van der Waals surface area contributed by atoms with Gasteiger partial charge in [-0.05, 0) is 6.92 Å². The van der Waals surface area contributed by atoms with Crippen molar-refractivity contribution in [2.45, 2.75) is 48.5 Å². The van der Waals surface area contributed by atoms with E-state index >= 15 is 0 Å². The van der Waals surface area contributed by atoms with Gasteiger partial charge in [-0.3, -0.25) is 4.79 Å². The van der Waals surface area contributed by atoms with Crippen molar-refractivity contribution in [2.75, 3.05) is 0 Å². The second-order valence-corrected chi connectivity index (χ2v) is 6.02. The Kier molecular flexibility index (Phi) is 5.70. The third kappa shape index (κ3) is 5.57. The summed E-state index contributed by atoms with van der Waals surface area (Å²) in [5.41, 5.74) is 0. The monoisotopic (exact) mass is 391 g/mol. The number of ether oxygens (including phenoxy) is 2. The third-order valence-electron chi connectivity index (χ3n) is 2.75. The Labute approximate surface area is 135 Å². The first kappa shape index (κ1) is 20.1. The average molecular weight is 392 g/mol. The number of carbonyl (C=O) groups excluding carboxylic acids is 2. The molecule has 1 aliphatic heterocycles. The van der Waals surface area contributed by atoms with E-state index in [-0.39, 0.29) is 0 Å². The Morgan fingerprint density at radius 2 is 1.70 bits per heavy atom. The molecule has 1 aliphatic rings. The molecule has 134 valence electrons. The lowest BCUT2D eigenvalue weighted by Gasteiger charge is -2.41. The van der Waals surface area contributed by atoms with Crippen molar-refractivity contribution in [3.63, 3.8) is 0 Å². The number of hydrogen-bond donors (Lipinski definition) is 1. The maximum atomic E-state index is 12.3. The van der Waals surface area contributed by atoms with Gasteiger partial charge in [0.15, 0.2) is 0 Å². The Hall–Kier alpha value is -0.940. The second-order valence-electron chi connectivity index (χ2n) is 4.60. The second kappa shape index (κ2) is 6.52. The van der Waals surface area contributed by atoms with Crippen molar-refractivity contribution in [1.82, 2.24) is 5.32 Å². The molecule has 0 saturated carbocycles. The van der Waals surface area contributed by atoms with E-state index in [1.165, 1.54) is 5.32 Å². The van der Waals surface area contributed by atoms with Crippen LogP contribution in [0.15, 0.2) is 0 Å². The lowest BCUT2D eigenvalue weighted by atomic mass is 9.99. The fraction of sp³-hybridized carbons (Fsp3) is 0.800. The van der Waals surface area contributed by atoms with Crippen LogP contribution in [0, 0.1) is 0 Å². The molecule has 0 bridgehead atoms. The zero-order valence-corrected chi connectivity index (χ0v) is 12.6. The zero-order valence-electron chi connectivity index (χ0n) is 11.1. The summed E-state index contributed by atoms with van der Waals surface area (Å²) < 4.78 is 80.4. The summed E-state index contributed by atoms with van der Waals surface area (Å²) in [6.45, 7) is 1.09. The van der Waals surface area contributed by atoms with Crippen molar-refractivity contribution < 1.29 is 45.4 Å². The van der Waals surface area contributed by atoms with E-state index < -0.39 is 53.4 Å². The normalized spacial score (nSPS) is 28.1. The fourth-order valence-corrected chi connectivity index (χ4v) is 2.40. The molecular formula is C10H9Cl2F6NO4. The molecule has 1 amide bonds. The quantitative estimate of drug-likeness (QED) is 0.446. The number of amides is 1. The van der Waals surface area contributed by atoms with Crippen LogP contribution in [0.5, 0.6) is 0 Å². The van der Waals surface area contributed by atoms with Gasteiger partial charge in [0.1, 0.15) is 6.10 Å². The van der Waals surface area contributed by atoms with Crippen molar-refractivity contribution in [1.29, 1.82) is 0 Å². The van der Waals surface area contributed by atoms with Gasteiger partial charge >= 0.3 is 24.2 Å². The number of rotatable bonds is 2. The lowest BCUT2D eigenvalue weighted by molar-refractivity contribution is -0.215. The van der Waals surface area contributed by atoms with E-state index in [0.717, 1.165) is 6.92 Å². The fourth-order valence-electron chi connectivity index (χ4n) is 1.82. The number of halogens is 8. The van der Waals surface area contributed by atoms with E-state index in [0.29, 0.717) is 0 Å². The van der Waals surface area contributed by atoms with Gasteiger partial charge < -0.3 is 14.8 Å². The Bertz CT molecular complexity index is 481. The first-order valence-electron chi connectivity index (χ1n) is 5.84. The lowest BCUT2D eigenvalue weighted by Crippen LogP contribution is -2.60. The van der Waals surface area contributed by atoms with E-state index in [1.807, 2.05) is 0 Å². The van der Waals surface area contributed by atoms with Crippen LogP contribution in [0.25, 0.3) is 0 Å². The highest BCUT2D eigenvalue weighted by atomic mass is 35.5. The molecule has 0 aliphatic carbocycles. The van der Waals surface area contributed by atoms with Crippen LogP contribution >= 0.6 is 23.2 Å². The number of esters is 1. The topological polar surface area (TPSA) is 64.6 Å². The summed E-state index contributed by atoms with van der Waals surface area (Å²) in [4.78, 5) is 21.8. The molecule has 1 heterocycles. The maximum Gasteiger partial charge on any atom is 0.490 e. The maximum absolute atomic E-state index is 12.3. The van der Waals surface area contributed by atoms with Crippen molar-refractivity contribution >= 4 is 35.1 Å². The van der Waals surface area contributed by atoms with Gasteiger partial charge in [0.25, 0.3) is 0 Å². The Balaban J connectivity index is 2.98. The van der Waals surface area contributed by atoms with Crippen molar-refractivity contribution in [3.05, 3.63) is 0 Å². The van der Waals surface area contributed by atoms with Crippen LogP contribution in [0.4, 0.5) is 26.3 Å². The van der Waals surface area contributed by atoms with E-state index in [4.69, 9.17) is 27.9 Å². The van der Waals surface area contributed by atoms with Crippen LogP contribution in [0.3, 0.4) is 0 Å². The highest BCUT2D eigenvalue weighted by Crippen LogP contribution is 2.38. The van der Waals surface area contributed by atoms with Crippen molar-refractivity contribution in [2.24, 2.45) is 0 Å². The van der Waals surface area contributed by atoms with Gasteiger partial charge in [-0.15, -0.1) is 0 Å². The molecule has 0 aromatic carbocycles. The largest absolute Gasteiger partial charge is 0.490 e. The molecule has 13 heteroatoms. The molecule has 1 fully saturated rings. The molecular weight excluding hydrogens is 383 g/mol. The molecule has 0 aromatic rings. The van der Waals surface area contributed by atoms with Gasteiger partial charge in [0.05, 0.1) is 12.1 Å². The summed E-state index contributed by atoms with van der Waals surface area (Å²) >= 11 is 11.2. The number of carbonyl (C=O) groups is 2. The van der Waals surface area contributed by atoms with Crippen LogP contribution < -0.4 is 5.32 Å². The molecule has 5 nitrogen and oxygen atoms in total. The molecule has 1 rings (SSSR count). The number of alkyl halides is 8. The van der Waals surface area contributed by atoms with Crippen LogP contribution in [0.1, 0.15) is 13.3 Å². The zero-order chi connectivity index (χ0) is 18.2. The standard InChI is InChI=1S/C10H9Cl2F6NO4/c1-3-5(19-6(20)9(13,14)15)4(2-8(11,12)23-3)22-7(21)10(16,17)18/h3-5H,2H2,1H3,(H,19,20)/t3-,4-,5+/m0/s1. The molecule has 1 saturated heterocycles. The highest BCUT2D eigenvalue weighted by molar-refractivity contribution is 6.47. The molecule has 0 aromatic heterocycles. The summed E-state index contributed by atoms with van der Waals surface area (Å²) in [5.74, 6) is -5.10. The van der Waals surface area contributed by atoms with E-state index in [2.05, 4.69) is 4.74 Å². The van der Waals surface area contributed by atoms with Gasteiger partial charge in [0, 0.05) is 6.42 Å². The van der Waals surface area contributed by atoms with Crippen molar-refractivity contribution in [3.8, 4) is 0 Å². The predicted octanol–water partition coefficient (Wildman–Crippen LogP) is 2.45. The molecule has 0 radical (unpaired) electrons. The minimum atomic E-state index is -5.39. The summed E-state index contributed by atoms with van der Waals surface area (Å²) in [7, 11) is 0. The van der Waals surface area contributed by atoms with Gasteiger partial charge in [0.2, 0.25) is 4.52 Å². The highest BCUT2D eigenvalue weighted by Gasteiger charge is 2.51. The van der Waals surface area contributed by atoms with Gasteiger partial charge in [-0.25, -0.2) is 4.79 Å². The van der Waals surface area contributed by atoms with E-state index in [9.17, 15) is 35.9 Å². The summed E-state index contributed by atoms with van der Waals surface area (Å²) in [6.07, 6.45) is -14.7. The molecule has 0 spiro atoms. The minimum absolute atomic E-state index is 0.787. The predicted molar refractivity (Wildman–Crippen MR) is 63.5 cm³/mol. The molecule has 23 heavy (non-hydrogen) atoms.